The number of phenolic OH excluding ortho intramolecular Hbond substituents is 2. The second-order valence-electron chi connectivity index (χ2n) is 18.0. The summed E-state index contributed by atoms with van der Waals surface area (Å²) >= 11 is 0. The van der Waals surface area contributed by atoms with Crippen LogP contribution in [0.25, 0.3) is 0 Å². The van der Waals surface area contributed by atoms with Crippen LogP contribution in [0.3, 0.4) is 0 Å². The van der Waals surface area contributed by atoms with Gasteiger partial charge in [-0.1, -0.05) is 0 Å². The normalized spacial score (nSPS) is 12.5. The highest BCUT2D eigenvalue weighted by atomic mass is 32.2. The van der Waals surface area contributed by atoms with Crippen LogP contribution in [-0.4, -0.2) is 87.1 Å². The Labute approximate surface area is 498 Å². The van der Waals surface area contributed by atoms with Gasteiger partial charge in [0.25, 0.3) is 0 Å². The lowest BCUT2D eigenvalue weighted by molar-refractivity contribution is 0.323. The van der Waals surface area contributed by atoms with Crippen LogP contribution >= 0.6 is 0 Å². The number of benzene rings is 8. The monoisotopic (exact) mass is 1280 g/mol. The SMILES string of the molecule is O=S(=O)(O/C=C/CCOc1ccc(S(=O)(=O)c2ccc(O)cc2)cc1)c1ccc(S(=O)(=O)c2ccc(OC/C=C/COc3ccc(S(=O)(=O)c4ccc(S(=O)(=O)O/C=C/CCOc5ccc(S(=O)(=O)c6ccc(O)cc6)cc5)cc4)cc3)cc2)cc1. The van der Waals surface area contributed by atoms with E-state index in [4.69, 9.17) is 27.3 Å². The van der Waals surface area contributed by atoms with Crippen LogP contribution in [0.4, 0.5) is 0 Å². The first-order valence-electron chi connectivity index (χ1n) is 25.5. The van der Waals surface area contributed by atoms with E-state index in [0.29, 0.717) is 23.0 Å². The van der Waals surface area contributed by atoms with Gasteiger partial charge in [-0.25, -0.2) is 33.7 Å². The molecule has 8 aromatic rings. The Morgan fingerprint density at radius 1 is 0.267 bits per heavy atom. The average molecular weight is 1290 g/mol. The first-order chi connectivity index (χ1) is 40.9. The zero-order chi connectivity index (χ0) is 61.6. The van der Waals surface area contributed by atoms with E-state index in [1.165, 1.54) is 158 Å². The molecule has 448 valence electrons. The summed E-state index contributed by atoms with van der Waals surface area (Å²) in [6.45, 7) is 0.377. The number of hydrogen-bond donors (Lipinski definition) is 2. The molecule has 0 radical (unpaired) electrons. The summed E-state index contributed by atoms with van der Waals surface area (Å²) in [6.07, 6.45) is 8.49. The second kappa shape index (κ2) is 27.4. The van der Waals surface area contributed by atoms with Crippen molar-refractivity contribution in [3.63, 3.8) is 0 Å². The molecular weight excluding hydrogens is 1230 g/mol. The minimum Gasteiger partial charge on any atom is -0.508 e. The molecule has 0 aliphatic rings. The van der Waals surface area contributed by atoms with Gasteiger partial charge in [0.05, 0.1) is 52.4 Å². The molecule has 0 heterocycles. The molecule has 0 saturated carbocycles. The third kappa shape index (κ3) is 16.1. The van der Waals surface area contributed by atoms with Crippen molar-refractivity contribution in [2.24, 2.45) is 0 Å². The molecule has 0 spiro atoms. The van der Waals surface area contributed by atoms with Crippen molar-refractivity contribution >= 4 is 59.6 Å². The third-order valence-electron chi connectivity index (χ3n) is 12.2. The van der Waals surface area contributed by atoms with E-state index in [0.717, 1.165) is 61.1 Å². The summed E-state index contributed by atoms with van der Waals surface area (Å²) < 4.78 is 189. The quantitative estimate of drug-likeness (QED) is 0.0199. The van der Waals surface area contributed by atoms with Crippen molar-refractivity contribution < 1.29 is 88.0 Å². The highest BCUT2D eigenvalue weighted by molar-refractivity contribution is 7.92. The fourth-order valence-corrected chi connectivity index (χ4v) is 14.3. The number of rotatable bonds is 28. The van der Waals surface area contributed by atoms with Crippen molar-refractivity contribution in [3.8, 4) is 34.5 Å². The summed E-state index contributed by atoms with van der Waals surface area (Å²) in [7, 11) is -24.4. The van der Waals surface area contributed by atoms with E-state index < -0.39 is 59.6 Å². The van der Waals surface area contributed by atoms with E-state index in [-0.39, 0.29) is 99.7 Å². The molecule has 0 bridgehead atoms. The van der Waals surface area contributed by atoms with Crippen molar-refractivity contribution in [3.05, 3.63) is 231 Å². The van der Waals surface area contributed by atoms with Crippen LogP contribution < -0.4 is 18.9 Å². The van der Waals surface area contributed by atoms with Crippen LogP contribution in [0.15, 0.2) is 280 Å². The number of aromatic hydroxyl groups is 2. The van der Waals surface area contributed by atoms with Gasteiger partial charge in [0.15, 0.2) is 0 Å². The Kier molecular flexibility index (Phi) is 20.1. The maximum absolute atomic E-state index is 13.4. The van der Waals surface area contributed by atoms with Crippen molar-refractivity contribution in [1.29, 1.82) is 0 Å². The van der Waals surface area contributed by atoms with Gasteiger partial charge in [-0.2, -0.15) is 16.8 Å². The largest absolute Gasteiger partial charge is 0.508 e. The molecule has 0 aliphatic carbocycles. The van der Waals surface area contributed by atoms with Crippen LogP contribution in [0.5, 0.6) is 34.5 Å². The lowest BCUT2D eigenvalue weighted by Crippen LogP contribution is -2.05. The molecule has 0 unspecified atom stereocenters. The molecule has 0 atom stereocenters. The van der Waals surface area contributed by atoms with E-state index in [1.807, 2.05) is 0 Å². The van der Waals surface area contributed by atoms with Gasteiger partial charge < -0.3 is 37.5 Å². The van der Waals surface area contributed by atoms with Crippen molar-refractivity contribution in [1.82, 2.24) is 0 Å². The molecular formula is C60H52O20S6. The maximum atomic E-state index is 13.4. The molecule has 8 rings (SSSR count). The molecule has 2 N–H and O–H groups in total. The van der Waals surface area contributed by atoms with E-state index in [2.05, 4.69) is 0 Å². The fourth-order valence-electron chi connectivity index (χ4n) is 7.61. The molecule has 86 heavy (non-hydrogen) atoms. The van der Waals surface area contributed by atoms with Crippen LogP contribution in [0, 0.1) is 0 Å². The van der Waals surface area contributed by atoms with E-state index in [9.17, 15) is 60.7 Å². The minimum atomic E-state index is -4.31. The van der Waals surface area contributed by atoms with E-state index in [1.54, 1.807) is 12.2 Å². The van der Waals surface area contributed by atoms with Crippen LogP contribution in [0.1, 0.15) is 12.8 Å². The predicted octanol–water partition coefficient (Wildman–Crippen LogP) is 9.82. The summed E-state index contributed by atoms with van der Waals surface area (Å²) in [5, 5.41) is 18.9. The zero-order valence-corrected chi connectivity index (χ0v) is 49.8. The number of phenols is 2. The van der Waals surface area contributed by atoms with Gasteiger partial charge in [-0.15, -0.1) is 0 Å². The van der Waals surface area contributed by atoms with Gasteiger partial charge in [-0.3, -0.25) is 0 Å². The van der Waals surface area contributed by atoms with Gasteiger partial charge in [0.1, 0.15) is 70.0 Å². The zero-order valence-electron chi connectivity index (χ0n) is 44.9. The van der Waals surface area contributed by atoms with Gasteiger partial charge in [-0.05, 0) is 218 Å². The molecule has 0 aliphatic heterocycles. The molecule has 26 heteroatoms. The first-order valence-corrected chi connectivity index (χ1v) is 34.2. The van der Waals surface area contributed by atoms with Crippen LogP contribution in [0.2, 0.25) is 0 Å². The summed E-state index contributed by atoms with van der Waals surface area (Å²) in [5.41, 5.74) is 0. The highest BCUT2D eigenvalue weighted by Crippen LogP contribution is 2.30. The Bertz CT molecular complexity index is 4130. The first kappa shape index (κ1) is 63.1. The Morgan fingerprint density at radius 3 is 0.733 bits per heavy atom. The number of ether oxygens (including phenoxy) is 4. The van der Waals surface area contributed by atoms with Crippen molar-refractivity contribution in [2.75, 3.05) is 26.4 Å². The summed E-state index contributed by atoms with van der Waals surface area (Å²) in [4.78, 5) is -0.978. The summed E-state index contributed by atoms with van der Waals surface area (Å²) in [5.74, 6) is 1.32. The Balaban J connectivity index is 0.716. The predicted molar refractivity (Wildman–Crippen MR) is 312 cm³/mol. The van der Waals surface area contributed by atoms with Crippen LogP contribution in [-0.2, 0) is 68.0 Å². The standard InChI is InChI=1S/C60H52O20S6/c61-45-7-19-51(20-8-45)81(63,64)53-23-11-49(12-24-53)77-41-3-5-43-79-85(71,72)59-35-31-57(32-36-59)83(67,68)55-27-15-47(16-28-55)75-39-1-2-40-76-48-17-29-56(30-18-48)84(69,70)58-33-37-60(38-34-58)86(73,74)80-44-6-4-42-78-50-13-25-54(26-14-50)82(65,66)52-21-9-46(62)10-22-52/h1-2,5-38,43-44,61-62H,3-4,39-42H2/b2-1+,43-5+,44-6+. The maximum Gasteiger partial charge on any atom is 0.338 e. The van der Waals surface area contributed by atoms with Gasteiger partial charge >= 0.3 is 20.2 Å². The number of hydrogen-bond acceptors (Lipinski definition) is 20. The second-order valence-corrected chi connectivity index (χ2v) is 29.0. The fraction of sp³-hybridized carbons (Fsp3) is 0.100. The Hall–Kier alpha value is -8.92. The summed E-state index contributed by atoms with van der Waals surface area (Å²) in [6, 6.07) is 41.9. The molecule has 0 saturated heterocycles. The molecule has 20 nitrogen and oxygen atoms in total. The van der Waals surface area contributed by atoms with Gasteiger partial charge in [0.2, 0.25) is 39.3 Å². The van der Waals surface area contributed by atoms with Gasteiger partial charge in [0, 0.05) is 12.8 Å². The van der Waals surface area contributed by atoms with E-state index >= 15 is 0 Å². The lowest BCUT2D eigenvalue weighted by Gasteiger charge is -2.09. The molecule has 0 amide bonds. The third-order valence-corrected chi connectivity index (χ3v) is 21.8. The smallest absolute Gasteiger partial charge is 0.338 e. The Morgan fingerprint density at radius 2 is 0.477 bits per heavy atom. The number of sulfone groups is 4. The molecule has 8 aromatic carbocycles. The van der Waals surface area contributed by atoms with Crippen molar-refractivity contribution in [2.45, 2.75) is 61.8 Å². The minimum absolute atomic E-state index is 0.0163. The average Bonchev–Trinajstić information content (AvgIpc) is 1.72. The topological polar surface area (TPSA) is 301 Å². The lowest BCUT2D eigenvalue weighted by atomic mass is 10.3. The molecule has 0 aromatic heterocycles. The highest BCUT2D eigenvalue weighted by Gasteiger charge is 2.24. The molecule has 0 fully saturated rings.